The van der Waals surface area contributed by atoms with Crippen LogP contribution in [0.5, 0.6) is 0 Å². The van der Waals surface area contributed by atoms with Crippen molar-refractivity contribution < 1.29 is 30.9 Å². The Bertz CT molecular complexity index is 654. The molecule has 120 valence electrons. The van der Waals surface area contributed by atoms with Crippen molar-refractivity contribution in [1.29, 1.82) is 0 Å². The molecule has 4 nitrogen and oxygen atoms in total. The molecule has 0 N–H and O–H groups in total. The molecule has 0 saturated carbocycles. The highest BCUT2D eigenvalue weighted by molar-refractivity contribution is 7.91. The van der Waals surface area contributed by atoms with Crippen LogP contribution in [-0.4, -0.2) is 31.2 Å². The first-order valence-electron chi connectivity index (χ1n) is 5.61. The van der Waals surface area contributed by atoms with Crippen LogP contribution in [0.1, 0.15) is 5.82 Å². The quantitative estimate of drug-likeness (QED) is 0.636. The van der Waals surface area contributed by atoms with Crippen molar-refractivity contribution >= 4 is 11.2 Å². The monoisotopic (exact) mass is 343 g/mol. The van der Waals surface area contributed by atoms with Crippen molar-refractivity contribution in [2.24, 2.45) is 0 Å². The van der Waals surface area contributed by atoms with E-state index < -0.39 is 35.1 Å². The molecule has 1 atom stereocenters. The standard InChI is InChI=1S/C11H7F6N3OS/c12-10(13,14)5-22(21)8-4-2-1-3-7(8)20-6-18-9(19-20)11(15,16)17/h1-4,6H,5H2. The summed E-state index contributed by atoms with van der Waals surface area (Å²) < 4.78 is 86.7. The van der Waals surface area contributed by atoms with Crippen LogP contribution in [0.4, 0.5) is 26.3 Å². The summed E-state index contributed by atoms with van der Waals surface area (Å²) in [5, 5.41) is 3.16. The Morgan fingerprint density at radius 2 is 1.73 bits per heavy atom. The van der Waals surface area contributed by atoms with E-state index in [-0.39, 0.29) is 10.6 Å². The topological polar surface area (TPSA) is 53.8 Å². The summed E-state index contributed by atoms with van der Waals surface area (Å²) in [5.41, 5.74) is -0.159. The molecule has 0 bridgehead atoms. The van der Waals surface area contributed by atoms with Gasteiger partial charge >= 0.3 is 12.4 Å². The van der Waals surface area contributed by atoms with Gasteiger partial charge in [0.1, 0.15) is 12.0 Å². The number of halogens is 6. The van der Waals surface area contributed by atoms with Gasteiger partial charge in [-0.05, 0) is 23.3 Å². The molecule has 11 heteroatoms. The van der Waals surface area contributed by atoms with E-state index in [1.54, 1.807) is 0 Å². The van der Waals surface area contributed by atoms with Gasteiger partial charge in [-0.2, -0.15) is 26.3 Å². The minimum atomic E-state index is -4.79. The summed E-state index contributed by atoms with van der Waals surface area (Å²) >= 11 is -2.47. The summed E-state index contributed by atoms with van der Waals surface area (Å²) in [5.74, 6) is -3.05. The van der Waals surface area contributed by atoms with E-state index >= 15 is 0 Å². The van der Waals surface area contributed by atoms with Crippen LogP contribution in [0.2, 0.25) is 0 Å². The molecule has 0 aliphatic heterocycles. The van der Waals surface area contributed by atoms with Gasteiger partial charge in [-0.3, -0.25) is 0 Å². The molecule has 0 amide bonds. The van der Waals surface area contributed by atoms with Gasteiger partial charge in [0.2, 0.25) is 5.75 Å². The first kappa shape index (κ1) is 16.6. The lowest BCUT2D eigenvalue weighted by molar-refractivity contribution is -0.144. The third-order valence-electron chi connectivity index (χ3n) is 2.40. The molecule has 2 rings (SSSR count). The van der Waals surface area contributed by atoms with Gasteiger partial charge in [0.05, 0.1) is 0 Å². The Hall–Kier alpha value is -1.75. The Labute approximate surface area is 122 Å². The van der Waals surface area contributed by atoms with Crippen LogP contribution in [0.15, 0.2) is 35.5 Å². The lowest BCUT2D eigenvalue weighted by atomic mass is 10.3. The van der Waals surface area contributed by atoms with E-state index in [1.165, 1.54) is 18.2 Å². The zero-order valence-corrected chi connectivity index (χ0v) is 11.3. The van der Waals surface area contributed by atoms with E-state index in [0.717, 1.165) is 6.07 Å². The van der Waals surface area contributed by atoms with E-state index in [1.807, 2.05) is 0 Å². The molecule has 1 aromatic heterocycles. The van der Waals surface area contributed by atoms with Crippen molar-refractivity contribution in [3.63, 3.8) is 0 Å². The van der Waals surface area contributed by atoms with E-state index in [4.69, 9.17) is 0 Å². The first-order valence-corrected chi connectivity index (χ1v) is 6.93. The average Bonchev–Trinajstić information content (AvgIpc) is 2.86. The summed E-state index contributed by atoms with van der Waals surface area (Å²) in [6.45, 7) is 0. The molecule has 22 heavy (non-hydrogen) atoms. The van der Waals surface area contributed by atoms with Crippen LogP contribution in [0.25, 0.3) is 5.69 Å². The fraction of sp³-hybridized carbons (Fsp3) is 0.273. The van der Waals surface area contributed by atoms with Crippen LogP contribution in [0.3, 0.4) is 0 Å². The van der Waals surface area contributed by atoms with Crippen molar-refractivity contribution in [3.05, 3.63) is 36.4 Å². The van der Waals surface area contributed by atoms with E-state index in [2.05, 4.69) is 10.1 Å². The van der Waals surface area contributed by atoms with Gasteiger partial charge < -0.3 is 4.55 Å². The summed E-state index contributed by atoms with van der Waals surface area (Å²) in [6.07, 6.45) is -8.75. The molecule has 2 aromatic rings. The fourth-order valence-electron chi connectivity index (χ4n) is 1.57. The summed E-state index contributed by atoms with van der Waals surface area (Å²) in [7, 11) is 0. The second kappa shape index (κ2) is 5.80. The van der Waals surface area contributed by atoms with Crippen molar-refractivity contribution in [2.75, 3.05) is 5.75 Å². The fourth-order valence-corrected chi connectivity index (χ4v) is 2.65. The minimum Gasteiger partial charge on any atom is -0.611 e. The number of hydrogen-bond donors (Lipinski definition) is 0. The molecule has 0 radical (unpaired) electrons. The average molecular weight is 343 g/mol. The predicted octanol–water partition coefficient (Wildman–Crippen LogP) is 2.96. The van der Waals surface area contributed by atoms with Gasteiger partial charge in [0.15, 0.2) is 4.90 Å². The smallest absolute Gasteiger partial charge is 0.453 e. The predicted molar refractivity (Wildman–Crippen MR) is 63.7 cm³/mol. The maximum absolute atomic E-state index is 12.5. The number of nitrogens with zero attached hydrogens (tertiary/aromatic N) is 3. The highest BCUT2D eigenvalue weighted by Crippen LogP contribution is 2.28. The van der Waals surface area contributed by atoms with Gasteiger partial charge in [0.25, 0.3) is 5.82 Å². The Balaban J connectivity index is 2.38. The van der Waals surface area contributed by atoms with Crippen LogP contribution in [0, 0.1) is 0 Å². The highest BCUT2D eigenvalue weighted by Gasteiger charge is 2.38. The Morgan fingerprint density at radius 1 is 1.09 bits per heavy atom. The SMILES string of the molecule is [O-][S+](CC(F)(F)F)c1ccccc1-n1cnc(C(F)(F)F)n1. The Morgan fingerprint density at radius 3 is 2.27 bits per heavy atom. The number of rotatable bonds is 3. The zero-order chi connectivity index (χ0) is 16.5. The molecular weight excluding hydrogens is 336 g/mol. The number of hydrogen-bond acceptors (Lipinski definition) is 3. The number of para-hydroxylation sites is 1. The van der Waals surface area contributed by atoms with Crippen LogP contribution >= 0.6 is 0 Å². The first-order chi connectivity index (χ1) is 10.1. The Kier molecular flexibility index (Phi) is 4.38. The molecular formula is C11H7F6N3OS. The minimum absolute atomic E-state index is 0.159. The molecule has 1 unspecified atom stereocenters. The maximum atomic E-state index is 12.5. The van der Waals surface area contributed by atoms with Crippen molar-refractivity contribution in [1.82, 2.24) is 14.8 Å². The third kappa shape index (κ3) is 3.91. The largest absolute Gasteiger partial charge is 0.611 e. The third-order valence-corrected chi connectivity index (χ3v) is 3.82. The molecule has 0 spiro atoms. The van der Waals surface area contributed by atoms with Gasteiger partial charge in [0, 0.05) is 0 Å². The zero-order valence-electron chi connectivity index (χ0n) is 10.5. The molecule has 0 aliphatic carbocycles. The highest BCUT2D eigenvalue weighted by atomic mass is 32.2. The van der Waals surface area contributed by atoms with Crippen molar-refractivity contribution in [2.45, 2.75) is 17.2 Å². The molecule has 0 saturated heterocycles. The molecule has 0 aliphatic rings. The van der Waals surface area contributed by atoms with Gasteiger partial charge in [-0.25, -0.2) is 9.67 Å². The number of benzene rings is 1. The summed E-state index contributed by atoms with van der Waals surface area (Å²) in [6, 6.07) is 5.04. The van der Waals surface area contributed by atoms with Gasteiger partial charge in [-0.15, -0.1) is 5.10 Å². The van der Waals surface area contributed by atoms with E-state index in [9.17, 15) is 30.9 Å². The van der Waals surface area contributed by atoms with Crippen molar-refractivity contribution in [3.8, 4) is 5.69 Å². The lowest BCUT2D eigenvalue weighted by Gasteiger charge is -2.15. The maximum Gasteiger partial charge on any atom is 0.453 e. The van der Waals surface area contributed by atoms with Gasteiger partial charge in [-0.1, -0.05) is 12.1 Å². The number of alkyl halides is 6. The summed E-state index contributed by atoms with van der Waals surface area (Å²) in [4.78, 5) is 2.77. The van der Waals surface area contributed by atoms with Crippen LogP contribution < -0.4 is 0 Å². The molecule has 0 fully saturated rings. The van der Waals surface area contributed by atoms with Crippen LogP contribution in [-0.2, 0) is 17.4 Å². The molecule has 1 aromatic carbocycles. The molecule has 1 heterocycles. The lowest BCUT2D eigenvalue weighted by Crippen LogP contribution is -2.24. The second-order valence-corrected chi connectivity index (χ2v) is 5.50. The normalized spacial score (nSPS) is 14.1. The van der Waals surface area contributed by atoms with E-state index in [0.29, 0.717) is 11.0 Å². The number of aromatic nitrogens is 3. The second-order valence-electron chi connectivity index (χ2n) is 4.08.